The van der Waals surface area contributed by atoms with E-state index in [1.54, 1.807) is 6.92 Å². The van der Waals surface area contributed by atoms with Gasteiger partial charge < -0.3 is 20.7 Å². The second kappa shape index (κ2) is 7.10. The Morgan fingerprint density at radius 1 is 1.42 bits per heavy atom. The van der Waals surface area contributed by atoms with Crippen molar-refractivity contribution in [3.05, 3.63) is 15.6 Å². The molecule has 26 heavy (non-hydrogen) atoms. The van der Waals surface area contributed by atoms with Crippen molar-refractivity contribution in [3.63, 3.8) is 0 Å². The molecule has 3 rings (SSSR count). The van der Waals surface area contributed by atoms with Gasteiger partial charge in [-0.3, -0.25) is 4.57 Å². The third-order valence-electron chi connectivity index (χ3n) is 4.50. The Labute approximate surface area is 153 Å². The number of imidazole rings is 1. The Kier molecular flexibility index (Phi) is 5.20. The first-order valence-electron chi connectivity index (χ1n) is 8.41. The minimum atomic E-state index is -1.86. The zero-order valence-electron chi connectivity index (χ0n) is 14.3. The number of fused-ring (bicyclic) bond motifs is 1. The number of halogens is 2. The van der Waals surface area contributed by atoms with E-state index >= 15 is 0 Å². The van der Waals surface area contributed by atoms with Gasteiger partial charge in [-0.2, -0.15) is 9.97 Å². The van der Waals surface area contributed by atoms with Crippen molar-refractivity contribution >= 4 is 28.7 Å². The van der Waals surface area contributed by atoms with Crippen molar-refractivity contribution in [3.8, 4) is 0 Å². The highest BCUT2D eigenvalue weighted by Crippen LogP contribution is 2.35. The van der Waals surface area contributed by atoms with Crippen LogP contribution in [-0.2, 0) is 11.3 Å². The van der Waals surface area contributed by atoms with Crippen molar-refractivity contribution in [1.82, 2.24) is 19.1 Å². The number of aliphatic hydroxyl groups excluding tert-OH is 2. The van der Waals surface area contributed by atoms with Gasteiger partial charge in [-0.25, -0.2) is 13.8 Å². The molecule has 0 amide bonds. The summed E-state index contributed by atoms with van der Waals surface area (Å²) in [6.07, 6.45) is -6.40. The van der Waals surface area contributed by atoms with Crippen LogP contribution in [-0.4, -0.2) is 53.8 Å². The third-order valence-corrected chi connectivity index (χ3v) is 4.77. The van der Waals surface area contributed by atoms with Crippen molar-refractivity contribution in [2.45, 2.75) is 63.9 Å². The Balaban J connectivity index is 2.19. The summed E-state index contributed by atoms with van der Waals surface area (Å²) >= 11 is 6.14. The summed E-state index contributed by atoms with van der Waals surface area (Å²) in [5.41, 5.74) is 5.34. The SMILES string of the molecule is CCCn1c(=O)n([C@@H]2O[C@H](C(O)CC)[C@H](F)[C@H]2O)c2nc(N)nc(Cl)c21. The van der Waals surface area contributed by atoms with E-state index in [1.165, 1.54) is 4.57 Å². The number of aliphatic hydroxyl groups is 2. The van der Waals surface area contributed by atoms with Crippen LogP contribution in [0.2, 0.25) is 5.15 Å². The van der Waals surface area contributed by atoms with Crippen molar-refractivity contribution in [2.24, 2.45) is 0 Å². The number of alkyl halides is 1. The standard InChI is InChI=1S/C15H21ClFN5O4/c1-3-5-21-8-11(16)19-14(18)20-12(8)22(15(21)25)13-9(24)7(17)10(26-13)6(23)4-2/h6-7,9-10,13,23-24H,3-5H2,1-2H3,(H2,18,19,20)/t6?,7-,9-,10-,13-/m1/s1. The van der Waals surface area contributed by atoms with Gasteiger partial charge in [-0.05, 0) is 12.8 Å². The molecule has 3 heterocycles. The lowest BCUT2D eigenvalue weighted by Crippen LogP contribution is -2.36. The Morgan fingerprint density at radius 3 is 2.73 bits per heavy atom. The number of hydrogen-bond acceptors (Lipinski definition) is 7. The Bertz CT molecular complexity index is 872. The average molecular weight is 390 g/mol. The first-order valence-corrected chi connectivity index (χ1v) is 8.78. The van der Waals surface area contributed by atoms with Gasteiger partial charge in [0.05, 0.1) is 6.10 Å². The highest BCUT2D eigenvalue weighted by atomic mass is 35.5. The molecule has 9 nitrogen and oxygen atoms in total. The second-order valence-electron chi connectivity index (χ2n) is 6.25. The van der Waals surface area contributed by atoms with Gasteiger partial charge in [0.2, 0.25) is 5.95 Å². The van der Waals surface area contributed by atoms with Crippen LogP contribution in [0, 0.1) is 0 Å². The zero-order chi connectivity index (χ0) is 19.2. The summed E-state index contributed by atoms with van der Waals surface area (Å²) < 4.78 is 22.3. The molecule has 0 aromatic carbocycles. The number of aromatic nitrogens is 4. The molecule has 2 aromatic heterocycles. The van der Waals surface area contributed by atoms with Gasteiger partial charge >= 0.3 is 5.69 Å². The number of ether oxygens (including phenoxy) is 1. The minimum absolute atomic E-state index is 0.0220. The zero-order valence-corrected chi connectivity index (χ0v) is 15.1. The van der Waals surface area contributed by atoms with Gasteiger partial charge in [0.1, 0.15) is 17.7 Å². The minimum Gasteiger partial charge on any atom is -0.390 e. The lowest BCUT2D eigenvalue weighted by molar-refractivity contribution is -0.0799. The van der Waals surface area contributed by atoms with Crippen LogP contribution >= 0.6 is 11.6 Å². The topological polar surface area (TPSA) is 128 Å². The lowest BCUT2D eigenvalue weighted by atomic mass is 10.1. The summed E-state index contributed by atoms with van der Waals surface area (Å²) in [5.74, 6) is -0.167. The van der Waals surface area contributed by atoms with Crippen LogP contribution < -0.4 is 11.4 Å². The molecule has 2 aromatic rings. The van der Waals surface area contributed by atoms with Crippen LogP contribution in [0.1, 0.15) is 32.9 Å². The highest BCUT2D eigenvalue weighted by Gasteiger charge is 2.49. The van der Waals surface area contributed by atoms with E-state index in [-0.39, 0.29) is 28.7 Å². The van der Waals surface area contributed by atoms with E-state index < -0.39 is 36.4 Å². The molecule has 0 saturated carbocycles. The Morgan fingerprint density at radius 2 is 2.12 bits per heavy atom. The van der Waals surface area contributed by atoms with Crippen molar-refractivity contribution in [1.29, 1.82) is 0 Å². The average Bonchev–Trinajstić information content (AvgIpc) is 3.03. The molecule has 11 heteroatoms. The molecule has 1 unspecified atom stereocenters. The molecule has 0 spiro atoms. The molecule has 0 aliphatic carbocycles. The molecule has 1 aliphatic rings. The normalized spacial score (nSPS) is 27.3. The molecule has 4 N–H and O–H groups in total. The quantitative estimate of drug-likeness (QED) is 0.639. The highest BCUT2D eigenvalue weighted by molar-refractivity contribution is 6.33. The fourth-order valence-corrected chi connectivity index (χ4v) is 3.50. The number of nitrogens with two attached hydrogens (primary N) is 1. The third kappa shape index (κ3) is 2.86. The van der Waals surface area contributed by atoms with Gasteiger partial charge in [0.15, 0.2) is 23.2 Å². The van der Waals surface area contributed by atoms with Crippen molar-refractivity contribution < 1.29 is 19.3 Å². The van der Waals surface area contributed by atoms with Gasteiger partial charge in [0.25, 0.3) is 0 Å². The fourth-order valence-electron chi connectivity index (χ4n) is 3.23. The fraction of sp³-hybridized carbons (Fsp3) is 0.667. The van der Waals surface area contributed by atoms with E-state index in [0.717, 1.165) is 4.57 Å². The van der Waals surface area contributed by atoms with E-state index in [9.17, 15) is 19.4 Å². The second-order valence-corrected chi connectivity index (χ2v) is 6.61. The predicted molar refractivity (Wildman–Crippen MR) is 92.6 cm³/mol. The molecule has 1 aliphatic heterocycles. The molecule has 0 bridgehead atoms. The molecule has 0 radical (unpaired) electrons. The molecule has 5 atom stereocenters. The van der Waals surface area contributed by atoms with Crippen molar-refractivity contribution in [2.75, 3.05) is 5.73 Å². The van der Waals surface area contributed by atoms with Crippen LogP contribution in [0.25, 0.3) is 11.2 Å². The lowest BCUT2D eigenvalue weighted by Gasteiger charge is -2.18. The van der Waals surface area contributed by atoms with E-state index in [2.05, 4.69) is 9.97 Å². The van der Waals surface area contributed by atoms with Crippen LogP contribution in [0.3, 0.4) is 0 Å². The maximum atomic E-state index is 14.5. The first kappa shape index (κ1) is 19.0. The molecular weight excluding hydrogens is 369 g/mol. The number of aryl methyl sites for hydroxylation is 1. The van der Waals surface area contributed by atoms with Crippen LogP contribution in [0.5, 0.6) is 0 Å². The summed E-state index contributed by atoms with van der Waals surface area (Å²) in [5, 5.41) is 20.2. The number of hydrogen-bond donors (Lipinski definition) is 3. The van der Waals surface area contributed by atoms with Crippen LogP contribution in [0.15, 0.2) is 4.79 Å². The Hall–Kier alpha value is -1.75. The predicted octanol–water partition coefficient (Wildman–Crippen LogP) is 0.606. The van der Waals surface area contributed by atoms with E-state index in [1.807, 2.05) is 6.92 Å². The molecular formula is C15H21ClFN5O4. The summed E-state index contributed by atoms with van der Waals surface area (Å²) in [6.45, 7) is 3.85. The van der Waals surface area contributed by atoms with E-state index in [4.69, 9.17) is 22.1 Å². The summed E-state index contributed by atoms with van der Waals surface area (Å²) in [6, 6.07) is 0. The molecule has 1 saturated heterocycles. The maximum absolute atomic E-state index is 14.5. The molecule has 144 valence electrons. The molecule has 1 fully saturated rings. The van der Waals surface area contributed by atoms with Crippen LogP contribution in [0.4, 0.5) is 10.3 Å². The summed E-state index contributed by atoms with van der Waals surface area (Å²) in [7, 11) is 0. The summed E-state index contributed by atoms with van der Waals surface area (Å²) in [4.78, 5) is 20.8. The monoisotopic (exact) mass is 389 g/mol. The first-order chi connectivity index (χ1) is 12.3. The number of anilines is 1. The largest absolute Gasteiger partial charge is 0.390 e. The number of nitrogen functional groups attached to an aromatic ring is 1. The smallest absolute Gasteiger partial charge is 0.332 e. The maximum Gasteiger partial charge on any atom is 0.332 e. The van der Waals surface area contributed by atoms with Gasteiger partial charge in [0, 0.05) is 6.54 Å². The van der Waals surface area contributed by atoms with E-state index in [0.29, 0.717) is 13.0 Å². The van der Waals surface area contributed by atoms with Gasteiger partial charge in [-0.15, -0.1) is 0 Å². The van der Waals surface area contributed by atoms with Gasteiger partial charge in [-0.1, -0.05) is 25.4 Å². The number of rotatable bonds is 5. The number of nitrogens with zero attached hydrogens (tertiary/aromatic N) is 4.